The summed E-state index contributed by atoms with van der Waals surface area (Å²) >= 11 is -0.00293. The number of nitrogens with one attached hydrogen (secondary N) is 1. The molecule has 1 aromatic rings. The third-order valence-corrected chi connectivity index (χ3v) is 3.32. The van der Waals surface area contributed by atoms with Gasteiger partial charge in [-0.05, 0) is 30.9 Å². The summed E-state index contributed by atoms with van der Waals surface area (Å²) in [5.41, 5.74) is 6.24. The summed E-state index contributed by atoms with van der Waals surface area (Å²) in [6, 6.07) is 2.89. The molecule has 0 aliphatic heterocycles. The SMILES string of the molecule is CC1CC(Nc2c(N)cc(SF)cc2F)C1. The summed E-state index contributed by atoms with van der Waals surface area (Å²) in [5, 5.41) is 3.06. The Kier molecular flexibility index (Phi) is 3.23. The van der Waals surface area contributed by atoms with Gasteiger partial charge in [0.2, 0.25) is 0 Å². The Hall–Kier alpha value is -0.970. The predicted molar refractivity (Wildman–Crippen MR) is 63.6 cm³/mol. The molecule has 16 heavy (non-hydrogen) atoms. The molecule has 0 spiro atoms. The largest absolute Gasteiger partial charge is 0.397 e. The third-order valence-electron chi connectivity index (χ3n) is 2.91. The van der Waals surface area contributed by atoms with Crippen LogP contribution in [0.1, 0.15) is 19.8 Å². The molecular weight excluding hydrogens is 230 g/mol. The number of hydrogen-bond acceptors (Lipinski definition) is 3. The number of benzene rings is 1. The first-order valence-electron chi connectivity index (χ1n) is 5.24. The molecule has 2 nitrogen and oxygen atoms in total. The van der Waals surface area contributed by atoms with Crippen LogP contribution in [0.2, 0.25) is 0 Å². The number of rotatable bonds is 3. The molecule has 0 bridgehead atoms. The van der Waals surface area contributed by atoms with Crippen molar-refractivity contribution in [2.45, 2.75) is 30.7 Å². The second kappa shape index (κ2) is 4.49. The Bertz CT molecular complexity index is 369. The Morgan fingerprint density at radius 1 is 1.44 bits per heavy atom. The van der Waals surface area contributed by atoms with E-state index in [0.29, 0.717) is 11.6 Å². The van der Waals surface area contributed by atoms with Crippen molar-refractivity contribution in [1.82, 2.24) is 0 Å². The van der Waals surface area contributed by atoms with Crippen molar-refractivity contribution in [3.8, 4) is 0 Å². The van der Waals surface area contributed by atoms with Crippen molar-refractivity contribution in [3.05, 3.63) is 17.9 Å². The van der Waals surface area contributed by atoms with E-state index >= 15 is 0 Å². The van der Waals surface area contributed by atoms with E-state index in [-0.39, 0.29) is 28.8 Å². The van der Waals surface area contributed by atoms with E-state index in [1.54, 1.807) is 0 Å². The molecule has 1 fully saturated rings. The molecule has 1 saturated carbocycles. The first-order valence-corrected chi connectivity index (χ1v) is 5.96. The van der Waals surface area contributed by atoms with Crippen molar-refractivity contribution in [3.63, 3.8) is 0 Å². The molecule has 1 aromatic carbocycles. The fourth-order valence-electron chi connectivity index (χ4n) is 2.02. The molecule has 2 rings (SSSR count). The highest BCUT2D eigenvalue weighted by Crippen LogP contribution is 2.34. The van der Waals surface area contributed by atoms with Crippen LogP contribution in [0.3, 0.4) is 0 Å². The molecule has 0 heterocycles. The van der Waals surface area contributed by atoms with Crippen LogP contribution < -0.4 is 11.1 Å². The minimum absolute atomic E-state index is 0.00293. The summed E-state index contributed by atoms with van der Waals surface area (Å²) in [6.07, 6.45) is 2.05. The number of hydrogen-bond donors (Lipinski definition) is 2. The van der Waals surface area contributed by atoms with Gasteiger partial charge in [-0.3, -0.25) is 0 Å². The zero-order valence-electron chi connectivity index (χ0n) is 8.97. The van der Waals surface area contributed by atoms with Crippen LogP contribution in [-0.2, 0) is 0 Å². The van der Waals surface area contributed by atoms with Crippen molar-refractivity contribution >= 4 is 23.5 Å². The van der Waals surface area contributed by atoms with Crippen LogP contribution >= 0.6 is 12.1 Å². The number of anilines is 2. The van der Waals surface area contributed by atoms with Gasteiger partial charge in [0.15, 0.2) is 0 Å². The molecule has 88 valence electrons. The number of nitrogens with two attached hydrogens (primary N) is 1. The summed E-state index contributed by atoms with van der Waals surface area (Å²) in [4.78, 5) is 0.197. The second-order valence-corrected chi connectivity index (χ2v) is 4.99. The van der Waals surface area contributed by atoms with Gasteiger partial charge in [-0.2, -0.15) is 3.89 Å². The maximum atomic E-state index is 13.6. The lowest BCUT2D eigenvalue weighted by molar-refractivity contribution is 0.308. The lowest BCUT2D eigenvalue weighted by atomic mass is 9.82. The minimum atomic E-state index is -0.486. The predicted octanol–water partition coefficient (Wildman–Crippen LogP) is 3.59. The van der Waals surface area contributed by atoms with E-state index in [1.807, 2.05) is 0 Å². The first-order chi connectivity index (χ1) is 7.60. The fraction of sp³-hybridized carbons (Fsp3) is 0.455. The van der Waals surface area contributed by atoms with Gasteiger partial charge >= 0.3 is 0 Å². The summed E-state index contributed by atoms with van der Waals surface area (Å²) < 4.78 is 25.9. The minimum Gasteiger partial charge on any atom is -0.397 e. The molecule has 5 heteroatoms. The van der Waals surface area contributed by atoms with Crippen LogP contribution in [0.5, 0.6) is 0 Å². The average Bonchev–Trinajstić information content (AvgIpc) is 2.19. The molecule has 1 aliphatic rings. The van der Waals surface area contributed by atoms with Crippen LogP contribution in [0, 0.1) is 11.7 Å². The van der Waals surface area contributed by atoms with Crippen LogP contribution in [-0.4, -0.2) is 6.04 Å². The van der Waals surface area contributed by atoms with Crippen LogP contribution in [0.15, 0.2) is 17.0 Å². The maximum Gasteiger partial charge on any atom is 0.149 e. The smallest absolute Gasteiger partial charge is 0.149 e. The molecule has 0 atom stereocenters. The highest BCUT2D eigenvalue weighted by molar-refractivity contribution is 7.94. The fourth-order valence-corrected chi connectivity index (χ4v) is 2.34. The lowest BCUT2D eigenvalue weighted by Gasteiger charge is -2.34. The van der Waals surface area contributed by atoms with E-state index < -0.39 is 5.82 Å². The van der Waals surface area contributed by atoms with Gasteiger partial charge < -0.3 is 11.1 Å². The lowest BCUT2D eigenvalue weighted by Crippen LogP contribution is -2.34. The second-order valence-electron chi connectivity index (χ2n) is 4.36. The molecule has 0 amide bonds. The maximum absolute atomic E-state index is 13.6. The Balaban J connectivity index is 2.14. The number of nitrogen functional groups attached to an aromatic ring is 1. The quantitative estimate of drug-likeness (QED) is 0.798. The zero-order chi connectivity index (χ0) is 11.7. The van der Waals surface area contributed by atoms with Gasteiger partial charge in [-0.15, -0.1) is 0 Å². The van der Waals surface area contributed by atoms with E-state index in [9.17, 15) is 8.28 Å². The highest BCUT2D eigenvalue weighted by atomic mass is 32.2. The molecule has 0 aromatic heterocycles. The highest BCUT2D eigenvalue weighted by Gasteiger charge is 2.26. The molecule has 1 aliphatic carbocycles. The molecule has 0 saturated heterocycles. The Morgan fingerprint density at radius 3 is 2.62 bits per heavy atom. The zero-order valence-corrected chi connectivity index (χ0v) is 9.78. The standard InChI is InChI=1S/C11H14F2N2S/c1-6-2-7(3-6)15-11-9(12)4-8(16-13)5-10(11)14/h4-7,15H,2-3,14H2,1H3. The van der Waals surface area contributed by atoms with E-state index in [2.05, 4.69) is 12.2 Å². The normalized spacial score (nSPS) is 23.9. The molecule has 0 radical (unpaired) electrons. The third kappa shape index (κ3) is 2.24. The van der Waals surface area contributed by atoms with Crippen molar-refractivity contribution in [1.29, 1.82) is 0 Å². The van der Waals surface area contributed by atoms with E-state index in [1.165, 1.54) is 6.07 Å². The van der Waals surface area contributed by atoms with Gasteiger partial charge in [-0.25, -0.2) is 4.39 Å². The first kappa shape index (κ1) is 11.5. The van der Waals surface area contributed by atoms with Crippen molar-refractivity contribution in [2.75, 3.05) is 11.1 Å². The molecular formula is C11H14F2N2S. The van der Waals surface area contributed by atoms with Gasteiger partial charge in [0.1, 0.15) is 5.82 Å². The summed E-state index contributed by atoms with van der Waals surface area (Å²) in [6.45, 7) is 2.15. The Labute approximate surface area is 97.9 Å². The van der Waals surface area contributed by atoms with E-state index in [0.717, 1.165) is 18.9 Å². The van der Waals surface area contributed by atoms with Gasteiger partial charge in [-0.1, -0.05) is 6.92 Å². The van der Waals surface area contributed by atoms with Crippen LogP contribution in [0.4, 0.5) is 19.7 Å². The van der Waals surface area contributed by atoms with Gasteiger partial charge in [0.25, 0.3) is 0 Å². The van der Waals surface area contributed by atoms with Crippen LogP contribution in [0.25, 0.3) is 0 Å². The summed E-state index contributed by atoms with van der Waals surface area (Å²) in [5.74, 6) is 0.196. The van der Waals surface area contributed by atoms with E-state index in [4.69, 9.17) is 5.73 Å². The molecule has 0 unspecified atom stereocenters. The number of halogens is 2. The monoisotopic (exact) mass is 244 g/mol. The van der Waals surface area contributed by atoms with Gasteiger partial charge in [0, 0.05) is 10.9 Å². The Morgan fingerprint density at radius 2 is 2.12 bits per heavy atom. The van der Waals surface area contributed by atoms with Gasteiger partial charge in [0.05, 0.1) is 23.5 Å². The average molecular weight is 244 g/mol. The topological polar surface area (TPSA) is 38.0 Å². The summed E-state index contributed by atoms with van der Waals surface area (Å²) in [7, 11) is 0. The molecule has 3 N–H and O–H groups in total. The van der Waals surface area contributed by atoms with Crippen molar-refractivity contribution < 1.29 is 8.28 Å². The van der Waals surface area contributed by atoms with Crippen molar-refractivity contribution in [2.24, 2.45) is 5.92 Å².